The van der Waals surface area contributed by atoms with Gasteiger partial charge in [0.25, 0.3) is 0 Å². The van der Waals surface area contributed by atoms with Crippen molar-refractivity contribution >= 4 is 22.6 Å². The maximum Gasteiger partial charge on any atom is 0.249 e. The molecule has 0 fully saturated rings. The number of hydrogen-bond acceptors (Lipinski definition) is 2. The first-order valence-corrected chi connectivity index (χ1v) is 6.29. The largest absolute Gasteiger partial charge is 0.306 e. The number of rotatable bonds is 1. The number of H-pyrrole nitrogens is 1. The molecule has 2 aromatic heterocycles. The Morgan fingerprint density at radius 1 is 1.21 bits per heavy atom. The van der Waals surface area contributed by atoms with Gasteiger partial charge in [0.2, 0.25) is 5.56 Å². The number of pyridine rings is 1. The van der Waals surface area contributed by atoms with Crippen LogP contribution in [0.25, 0.3) is 16.7 Å². The molecule has 0 atom stereocenters. The van der Waals surface area contributed by atoms with Gasteiger partial charge < -0.3 is 4.98 Å². The van der Waals surface area contributed by atoms with E-state index in [2.05, 4.69) is 10.1 Å². The second kappa shape index (κ2) is 4.24. The number of nitrogens with zero attached hydrogens (tertiary/aromatic N) is 2. The summed E-state index contributed by atoms with van der Waals surface area (Å²) in [5, 5.41) is 6.14. The van der Waals surface area contributed by atoms with Crippen LogP contribution in [0.1, 0.15) is 11.3 Å². The summed E-state index contributed by atoms with van der Waals surface area (Å²) in [5.41, 5.74) is 3.27. The number of aromatic amines is 1. The highest BCUT2D eigenvalue weighted by Gasteiger charge is 2.12. The van der Waals surface area contributed by atoms with E-state index in [0.717, 1.165) is 22.3 Å². The van der Waals surface area contributed by atoms with Crippen LogP contribution in [0.3, 0.4) is 0 Å². The lowest BCUT2D eigenvalue weighted by Crippen LogP contribution is -2.07. The van der Waals surface area contributed by atoms with Gasteiger partial charge in [-0.2, -0.15) is 5.10 Å². The molecule has 3 aromatic rings. The monoisotopic (exact) mass is 273 g/mol. The van der Waals surface area contributed by atoms with Gasteiger partial charge in [0.05, 0.1) is 11.4 Å². The second-order valence-electron chi connectivity index (χ2n) is 4.51. The molecule has 0 radical (unpaired) electrons. The molecule has 0 amide bonds. The van der Waals surface area contributed by atoms with E-state index >= 15 is 0 Å². The molecule has 0 spiro atoms. The average molecular weight is 274 g/mol. The first kappa shape index (κ1) is 12.0. The van der Waals surface area contributed by atoms with Crippen molar-refractivity contribution in [1.82, 2.24) is 14.8 Å². The van der Waals surface area contributed by atoms with Crippen LogP contribution in [0.5, 0.6) is 0 Å². The Morgan fingerprint density at radius 3 is 2.58 bits per heavy atom. The molecule has 1 N–H and O–H groups in total. The molecule has 0 aliphatic carbocycles. The predicted molar refractivity (Wildman–Crippen MR) is 76.2 cm³/mol. The lowest BCUT2D eigenvalue weighted by atomic mass is 10.2. The topological polar surface area (TPSA) is 50.7 Å². The number of aryl methyl sites for hydroxylation is 2. The molecule has 2 heterocycles. The zero-order valence-electron chi connectivity index (χ0n) is 10.6. The highest BCUT2D eigenvalue weighted by molar-refractivity contribution is 6.30. The summed E-state index contributed by atoms with van der Waals surface area (Å²) in [7, 11) is 0. The zero-order valence-corrected chi connectivity index (χ0v) is 11.3. The van der Waals surface area contributed by atoms with Crippen molar-refractivity contribution in [3.8, 4) is 5.69 Å². The number of fused-ring (bicyclic) bond motifs is 1. The summed E-state index contributed by atoms with van der Waals surface area (Å²) < 4.78 is 1.73. The fraction of sp³-hybridized carbons (Fsp3) is 0.143. The van der Waals surface area contributed by atoms with Gasteiger partial charge in [-0.05, 0) is 43.7 Å². The van der Waals surface area contributed by atoms with E-state index in [1.165, 1.54) is 0 Å². The maximum absolute atomic E-state index is 11.6. The van der Waals surface area contributed by atoms with Crippen molar-refractivity contribution in [2.75, 3.05) is 0 Å². The zero-order chi connectivity index (χ0) is 13.6. The number of hydrogen-bond donors (Lipinski definition) is 1. The second-order valence-corrected chi connectivity index (χ2v) is 4.95. The molecule has 96 valence electrons. The quantitative estimate of drug-likeness (QED) is 0.741. The van der Waals surface area contributed by atoms with Gasteiger partial charge in [-0.1, -0.05) is 11.6 Å². The summed E-state index contributed by atoms with van der Waals surface area (Å²) >= 11 is 5.89. The lowest BCUT2D eigenvalue weighted by molar-refractivity contribution is 0.876. The van der Waals surface area contributed by atoms with E-state index in [1.807, 2.05) is 26.0 Å². The Balaban J connectivity index is 2.36. The third-order valence-corrected chi connectivity index (χ3v) is 3.37. The highest BCUT2D eigenvalue weighted by atomic mass is 35.5. The van der Waals surface area contributed by atoms with Crippen LogP contribution in [-0.2, 0) is 0 Å². The average Bonchev–Trinajstić information content (AvgIpc) is 2.67. The summed E-state index contributed by atoms with van der Waals surface area (Å²) in [6.45, 7) is 3.85. The van der Waals surface area contributed by atoms with E-state index in [9.17, 15) is 4.79 Å². The molecule has 19 heavy (non-hydrogen) atoms. The molecule has 3 rings (SSSR count). The first-order chi connectivity index (χ1) is 9.06. The Morgan fingerprint density at radius 2 is 1.89 bits per heavy atom. The van der Waals surface area contributed by atoms with E-state index in [-0.39, 0.29) is 5.56 Å². The van der Waals surface area contributed by atoms with Gasteiger partial charge in [0.15, 0.2) is 0 Å². The predicted octanol–water partition coefficient (Wildman–Crippen LogP) is 2.98. The van der Waals surface area contributed by atoms with Gasteiger partial charge in [0.1, 0.15) is 5.65 Å². The third-order valence-electron chi connectivity index (χ3n) is 3.12. The van der Waals surface area contributed by atoms with Gasteiger partial charge in [-0.15, -0.1) is 0 Å². The van der Waals surface area contributed by atoms with Crippen LogP contribution < -0.4 is 5.56 Å². The van der Waals surface area contributed by atoms with Gasteiger partial charge in [-0.3, -0.25) is 4.79 Å². The van der Waals surface area contributed by atoms with Crippen molar-refractivity contribution in [2.24, 2.45) is 0 Å². The third kappa shape index (κ3) is 1.94. The molecule has 0 saturated carbocycles. The van der Waals surface area contributed by atoms with Crippen LogP contribution in [0.15, 0.2) is 35.1 Å². The van der Waals surface area contributed by atoms with Crippen LogP contribution in [0, 0.1) is 13.8 Å². The summed E-state index contributed by atoms with van der Waals surface area (Å²) in [4.78, 5) is 14.5. The van der Waals surface area contributed by atoms with Crippen molar-refractivity contribution in [1.29, 1.82) is 0 Å². The Hall–Kier alpha value is -2.07. The molecule has 5 heteroatoms. The number of nitrogens with one attached hydrogen (secondary N) is 1. The normalized spacial score (nSPS) is 11.1. The van der Waals surface area contributed by atoms with E-state index in [1.54, 1.807) is 22.9 Å². The SMILES string of the molecule is Cc1cc(=O)[nH]c2c1c(C)nn2-c1ccc(Cl)cc1. The van der Waals surface area contributed by atoms with Gasteiger partial charge in [-0.25, -0.2) is 4.68 Å². The molecule has 0 aliphatic heterocycles. The smallest absolute Gasteiger partial charge is 0.249 e. The maximum atomic E-state index is 11.6. The van der Waals surface area contributed by atoms with Gasteiger partial charge >= 0.3 is 0 Å². The minimum Gasteiger partial charge on any atom is -0.306 e. The Labute approximate surface area is 114 Å². The minimum absolute atomic E-state index is 0.125. The van der Waals surface area contributed by atoms with Crippen molar-refractivity contribution in [2.45, 2.75) is 13.8 Å². The lowest BCUT2D eigenvalue weighted by Gasteiger charge is -2.03. The van der Waals surface area contributed by atoms with Crippen LogP contribution in [-0.4, -0.2) is 14.8 Å². The summed E-state index contributed by atoms with van der Waals surface area (Å²) in [5.74, 6) is 0. The molecule has 0 bridgehead atoms. The van der Waals surface area contributed by atoms with Crippen molar-refractivity contribution in [3.05, 3.63) is 57.0 Å². The first-order valence-electron chi connectivity index (χ1n) is 5.91. The number of aromatic nitrogens is 3. The van der Waals surface area contributed by atoms with Crippen LogP contribution in [0.4, 0.5) is 0 Å². The Kier molecular flexibility index (Phi) is 2.68. The fourth-order valence-corrected chi connectivity index (χ4v) is 2.43. The molecule has 0 aliphatic rings. The number of benzene rings is 1. The van der Waals surface area contributed by atoms with Gasteiger partial charge in [0, 0.05) is 16.5 Å². The van der Waals surface area contributed by atoms with E-state index in [4.69, 9.17) is 11.6 Å². The minimum atomic E-state index is -0.125. The number of halogens is 1. The molecule has 0 unspecified atom stereocenters. The molecule has 4 nitrogen and oxygen atoms in total. The molecular weight excluding hydrogens is 262 g/mol. The molecular formula is C14H12ClN3O. The molecule has 0 saturated heterocycles. The van der Waals surface area contributed by atoms with Crippen molar-refractivity contribution in [3.63, 3.8) is 0 Å². The Bertz CT molecular complexity index is 815. The van der Waals surface area contributed by atoms with Crippen LogP contribution >= 0.6 is 11.6 Å². The van der Waals surface area contributed by atoms with Crippen molar-refractivity contribution < 1.29 is 0 Å². The summed E-state index contributed by atoms with van der Waals surface area (Å²) in [6.07, 6.45) is 0. The van der Waals surface area contributed by atoms with Crippen LogP contribution in [0.2, 0.25) is 5.02 Å². The summed E-state index contributed by atoms with van der Waals surface area (Å²) in [6, 6.07) is 8.92. The fourth-order valence-electron chi connectivity index (χ4n) is 2.31. The van der Waals surface area contributed by atoms with E-state index in [0.29, 0.717) is 10.7 Å². The molecule has 1 aromatic carbocycles. The standard InChI is InChI=1S/C14H12ClN3O/c1-8-7-12(19)16-14-13(8)9(2)17-18(14)11-5-3-10(15)4-6-11/h3-7H,1-2H3,(H,16,19). The van der Waals surface area contributed by atoms with E-state index < -0.39 is 0 Å². The highest BCUT2D eigenvalue weighted by Crippen LogP contribution is 2.22.